The number of nitrogens with zero attached hydrogens (tertiary/aromatic N) is 3. The van der Waals surface area contributed by atoms with Gasteiger partial charge in [-0.15, -0.1) is 0 Å². The van der Waals surface area contributed by atoms with Crippen LogP contribution < -0.4 is 0 Å². The second kappa shape index (κ2) is 6.34. The largest absolute Gasteiger partial charge is 0.335 e. The number of hydrogen-bond acceptors (Lipinski definition) is 4. The summed E-state index contributed by atoms with van der Waals surface area (Å²) in [5.74, 6) is 1.34. The van der Waals surface area contributed by atoms with E-state index in [2.05, 4.69) is 34.4 Å². The third kappa shape index (κ3) is 2.74. The van der Waals surface area contributed by atoms with Crippen LogP contribution in [0.15, 0.2) is 53.1 Å². The van der Waals surface area contributed by atoms with Crippen LogP contribution in [0.25, 0.3) is 11.5 Å². The highest BCUT2D eigenvalue weighted by Crippen LogP contribution is 2.40. The molecule has 2 aromatic carbocycles. The quantitative estimate of drug-likeness (QED) is 0.708. The third-order valence-electron chi connectivity index (χ3n) is 5.82. The van der Waals surface area contributed by atoms with Crippen LogP contribution in [0.2, 0.25) is 0 Å². The van der Waals surface area contributed by atoms with Gasteiger partial charge in [-0.2, -0.15) is 4.98 Å². The van der Waals surface area contributed by atoms with E-state index in [1.54, 1.807) is 0 Å². The van der Waals surface area contributed by atoms with Gasteiger partial charge in [-0.25, -0.2) is 0 Å². The Kier molecular flexibility index (Phi) is 3.81. The molecular weight excluding hydrogens is 338 g/mol. The molecule has 5 rings (SSSR count). The van der Waals surface area contributed by atoms with Crippen molar-refractivity contribution in [2.75, 3.05) is 6.54 Å². The standard InChI is InChI=1S/C22H21N3O2/c1-14-6-2-4-8-17(14)22-23-21(24-27-22)16-12-20(26)25(13-16)19-11-10-15-7-3-5-9-18(15)19/h2-9,16,19H,10-13H2,1H3. The minimum absolute atomic E-state index is 0.00761. The first-order valence-corrected chi connectivity index (χ1v) is 9.47. The summed E-state index contributed by atoms with van der Waals surface area (Å²) >= 11 is 0. The molecule has 0 radical (unpaired) electrons. The first kappa shape index (κ1) is 16.2. The summed E-state index contributed by atoms with van der Waals surface area (Å²) < 4.78 is 5.51. The van der Waals surface area contributed by atoms with E-state index in [9.17, 15) is 4.79 Å². The third-order valence-corrected chi connectivity index (χ3v) is 5.82. The van der Waals surface area contributed by atoms with Crippen molar-refractivity contribution in [1.29, 1.82) is 0 Å². The van der Waals surface area contributed by atoms with Crippen molar-refractivity contribution in [3.63, 3.8) is 0 Å². The molecule has 0 N–H and O–H groups in total. The zero-order valence-electron chi connectivity index (χ0n) is 15.3. The molecule has 27 heavy (non-hydrogen) atoms. The molecule has 0 saturated carbocycles. The topological polar surface area (TPSA) is 59.2 Å². The number of carbonyl (C=O) groups excluding carboxylic acids is 1. The van der Waals surface area contributed by atoms with Crippen LogP contribution in [0.4, 0.5) is 0 Å². The van der Waals surface area contributed by atoms with Gasteiger partial charge in [0.1, 0.15) is 0 Å². The molecule has 1 aliphatic carbocycles. The highest BCUT2D eigenvalue weighted by atomic mass is 16.5. The lowest BCUT2D eigenvalue weighted by molar-refractivity contribution is -0.129. The molecule has 3 aromatic rings. The van der Waals surface area contributed by atoms with Gasteiger partial charge in [0.2, 0.25) is 5.91 Å². The van der Waals surface area contributed by atoms with E-state index in [1.165, 1.54) is 11.1 Å². The van der Waals surface area contributed by atoms with Crippen LogP contribution in [0, 0.1) is 6.92 Å². The first-order chi connectivity index (χ1) is 13.2. The van der Waals surface area contributed by atoms with Crippen LogP contribution in [0.3, 0.4) is 0 Å². The molecular formula is C22H21N3O2. The summed E-state index contributed by atoms with van der Waals surface area (Å²) in [7, 11) is 0. The number of aryl methyl sites for hydroxylation is 2. The van der Waals surface area contributed by atoms with Crippen molar-refractivity contribution in [3.05, 3.63) is 71.0 Å². The Balaban J connectivity index is 1.38. The highest BCUT2D eigenvalue weighted by Gasteiger charge is 2.39. The van der Waals surface area contributed by atoms with Crippen LogP contribution in [-0.4, -0.2) is 27.5 Å². The SMILES string of the molecule is Cc1ccccc1-c1nc(C2CC(=O)N(C3CCc4ccccc43)C2)no1. The number of likely N-dealkylation sites (tertiary alicyclic amines) is 1. The smallest absolute Gasteiger partial charge is 0.258 e. The van der Waals surface area contributed by atoms with Gasteiger partial charge in [0.25, 0.3) is 5.89 Å². The lowest BCUT2D eigenvalue weighted by Gasteiger charge is -2.25. The molecule has 136 valence electrons. The maximum Gasteiger partial charge on any atom is 0.258 e. The maximum atomic E-state index is 12.7. The fourth-order valence-corrected chi connectivity index (χ4v) is 4.39. The Hall–Kier alpha value is -2.95. The van der Waals surface area contributed by atoms with Crippen molar-refractivity contribution >= 4 is 5.91 Å². The van der Waals surface area contributed by atoms with Gasteiger partial charge in [0, 0.05) is 24.4 Å². The predicted molar refractivity (Wildman–Crippen MR) is 101 cm³/mol. The number of fused-ring (bicyclic) bond motifs is 1. The zero-order chi connectivity index (χ0) is 18.4. The van der Waals surface area contributed by atoms with E-state index in [0.717, 1.165) is 24.0 Å². The second-order valence-corrected chi connectivity index (χ2v) is 7.47. The highest BCUT2D eigenvalue weighted by molar-refractivity contribution is 5.80. The molecule has 0 bridgehead atoms. The van der Waals surface area contributed by atoms with Gasteiger partial charge in [-0.1, -0.05) is 47.6 Å². The Labute approximate surface area is 158 Å². The van der Waals surface area contributed by atoms with Crippen molar-refractivity contribution in [1.82, 2.24) is 15.0 Å². The molecule has 1 amide bonds. The fraction of sp³-hybridized carbons (Fsp3) is 0.318. The summed E-state index contributed by atoms with van der Waals surface area (Å²) in [6, 6.07) is 16.6. The summed E-state index contributed by atoms with van der Waals surface area (Å²) in [6.07, 6.45) is 2.48. The Bertz CT molecular complexity index is 1010. The molecule has 2 unspecified atom stereocenters. The van der Waals surface area contributed by atoms with Crippen LogP contribution in [0.1, 0.15) is 47.3 Å². The van der Waals surface area contributed by atoms with E-state index in [1.807, 2.05) is 36.1 Å². The lowest BCUT2D eigenvalue weighted by Crippen LogP contribution is -2.28. The summed E-state index contributed by atoms with van der Waals surface area (Å²) in [6.45, 7) is 2.68. The molecule has 5 nitrogen and oxygen atoms in total. The number of amides is 1. The fourth-order valence-electron chi connectivity index (χ4n) is 4.39. The van der Waals surface area contributed by atoms with Crippen molar-refractivity contribution < 1.29 is 9.32 Å². The van der Waals surface area contributed by atoms with E-state index >= 15 is 0 Å². The van der Waals surface area contributed by atoms with E-state index in [0.29, 0.717) is 24.7 Å². The monoisotopic (exact) mass is 359 g/mol. The number of aromatic nitrogens is 2. The number of benzene rings is 2. The van der Waals surface area contributed by atoms with Gasteiger partial charge in [-0.05, 0) is 42.5 Å². The van der Waals surface area contributed by atoms with Crippen LogP contribution in [-0.2, 0) is 11.2 Å². The average molecular weight is 359 g/mol. The van der Waals surface area contributed by atoms with Crippen LogP contribution in [0.5, 0.6) is 0 Å². The minimum Gasteiger partial charge on any atom is -0.335 e. The van der Waals surface area contributed by atoms with E-state index in [-0.39, 0.29) is 17.9 Å². The van der Waals surface area contributed by atoms with E-state index in [4.69, 9.17) is 4.52 Å². The first-order valence-electron chi connectivity index (χ1n) is 9.47. The summed E-state index contributed by atoms with van der Waals surface area (Å²) in [5.41, 5.74) is 4.70. The zero-order valence-corrected chi connectivity index (χ0v) is 15.3. The Morgan fingerprint density at radius 1 is 1.11 bits per heavy atom. The normalized spacial score (nSPS) is 21.7. The molecule has 0 spiro atoms. The maximum absolute atomic E-state index is 12.7. The van der Waals surface area contributed by atoms with Gasteiger partial charge in [-0.3, -0.25) is 4.79 Å². The predicted octanol–water partition coefficient (Wildman–Crippen LogP) is 4.05. The van der Waals surface area contributed by atoms with E-state index < -0.39 is 0 Å². The lowest BCUT2D eigenvalue weighted by atomic mass is 10.1. The Morgan fingerprint density at radius 3 is 2.81 bits per heavy atom. The van der Waals surface area contributed by atoms with Crippen molar-refractivity contribution in [3.8, 4) is 11.5 Å². The van der Waals surface area contributed by atoms with Crippen LogP contribution >= 0.6 is 0 Å². The van der Waals surface area contributed by atoms with Crippen molar-refractivity contribution in [2.24, 2.45) is 0 Å². The van der Waals surface area contributed by atoms with Gasteiger partial charge >= 0.3 is 0 Å². The van der Waals surface area contributed by atoms with Gasteiger partial charge in [0.05, 0.1) is 6.04 Å². The molecule has 1 aromatic heterocycles. The number of rotatable bonds is 3. The minimum atomic E-state index is -0.00761. The summed E-state index contributed by atoms with van der Waals surface area (Å²) in [4.78, 5) is 19.3. The molecule has 5 heteroatoms. The molecule has 1 fully saturated rings. The number of hydrogen-bond donors (Lipinski definition) is 0. The molecule has 2 atom stereocenters. The van der Waals surface area contributed by atoms with Gasteiger partial charge < -0.3 is 9.42 Å². The number of carbonyl (C=O) groups is 1. The molecule has 2 heterocycles. The second-order valence-electron chi connectivity index (χ2n) is 7.47. The average Bonchev–Trinajstić information content (AvgIpc) is 3.40. The molecule has 1 aliphatic heterocycles. The summed E-state index contributed by atoms with van der Waals surface area (Å²) in [5, 5.41) is 4.19. The van der Waals surface area contributed by atoms with Gasteiger partial charge in [0.15, 0.2) is 5.82 Å². The molecule has 2 aliphatic rings. The molecule has 1 saturated heterocycles. The van der Waals surface area contributed by atoms with Crippen molar-refractivity contribution in [2.45, 2.75) is 38.1 Å². The Morgan fingerprint density at radius 2 is 1.93 bits per heavy atom.